The third kappa shape index (κ3) is 5.30. The molecular weight excluding hydrogens is 404 g/mol. The van der Waals surface area contributed by atoms with Crippen LogP contribution in [0.5, 0.6) is 5.75 Å². The van der Waals surface area contributed by atoms with Gasteiger partial charge in [-0.2, -0.15) is 0 Å². The minimum absolute atomic E-state index is 0.134. The van der Waals surface area contributed by atoms with Crippen LogP contribution in [0.3, 0.4) is 0 Å². The first kappa shape index (κ1) is 20.7. The maximum absolute atomic E-state index is 12.5. The fourth-order valence-corrected chi connectivity index (χ4v) is 2.83. The van der Waals surface area contributed by atoms with Gasteiger partial charge in [0.2, 0.25) is 0 Å². The third-order valence-corrected chi connectivity index (χ3v) is 4.20. The summed E-state index contributed by atoms with van der Waals surface area (Å²) in [7, 11) is 1.50. The monoisotopic (exact) mass is 422 g/mol. The van der Waals surface area contributed by atoms with Crippen molar-refractivity contribution in [3.05, 3.63) is 78.1 Å². The van der Waals surface area contributed by atoms with Gasteiger partial charge in [0, 0.05) is 17.4 Å². The number of ether oxygens (including phenoxy) is 1. The molecule has 30 heavy (non-hydrogen) atoms. The SMILES string of the molecule is COc1ccc(C(=O)Nc2cccnc2)cc1NC(=S)Nc1cccc(C(=O)O)c1. The first-order valence-electron chi connectivity index (χ1n) is 8.77. The Labute approximate surface area is 177 Å². The molecule has 1 heterocycles. The van der Waals surface area contributed by atoms with Crippen molar-refractivity contribution >= 4 is 46.3 Å². The maximum atomic E-state index is 12.5. The molecule has 0 spiro atoms. The highest BCUT2D eigenvalue weighted by Gasteiger charge is 2.12. The van der Waals surface area contributed by atoms with E-state index < -0.39 is 5.97 Å². The van der Waals surface area contributed by atoms with Gasteiger partial charge in [0.05, 0.1) is 30.2 Å². The Morgan fingerprint density at radius 2 is 1.77 bits per heavy atom. The molecule has 0 saturated heterocycles. The van der Waals surface area contributed by atoms with Crippen LogP contribution in [0.1, 0.15) is 20.7 Å². The van der Waals surface area contributed by atoms with E-state index >= 15 is 0 Å². The quantitative estimate of drug-likeness (QED) is 0.443. The van der Waals surface area contributed by atoms with Crippen molar-refractivity contribution in [2.24, 2.45) is 0 Å². The van der Waals surface area contributed by atoms with Crippen LogP contribution in [0.15, 0.2) is 67.0 Å². The fourth-order valence-electron chi connectivity index (χ4n) is 2.60. The van der Waals surface area contributed by atoms with E-state index in [1.807, 2.05) is 0 Å². The van der Waals surface area contributed by atoms with Crippen LogP contribution in [0.4, 0.5) is 17.1 Å². The lowest BCUT2D eigenvalue weighted by Crippen LogP contribution is -2.20. The zero-order chi connectivity index (χ0) is 21.5. The lowest BCUT2D eigenvalue weighted by atomic mass is 10.1. The number of nitrogens with one attached hydrogen (secondary N) is 3. The van der Waals surface area contributed by atoms with Gasteiger partial charge in [0.25, 0.3) is 5.91 Å². The molecule has 0 bridgehead atoms. The Balaban J connectivity index is 1.75. The van der Waals surface area contributed by atoms with E-state index in [9.17, 15) is 9.59 Å². The zero-order valence-electron chi connectivity index (χ0n) is 15.9. The molecule has 3 aromatic rings. The van der Waals surface area contributed by atoms with Crippen LogP contribution in [0.25, 0.3) is 0 Å². The number of hydrogen-bond acceptors (Lipinski definition) is 5. The number of carboxylic acids is 1. The summed E-state index contributed by atoms with van der Waals surface area (Å²) in [5.74, 6) is -0.871. The van der Waals surface area contributed by atoms with Crippen molar-refractivity contribution in [3.8, 4) is 5.75 Å². The number of nitrogens with zero attached hydrogens (tertiary/aromatic N) is 1. The van der Waals surface area contributed by atoms with Gasteiger partial charge in [-0.3, -0.25) is 9.78 Å². The molecular formula is C21H18N4O4S. The van der Waals surface area contributed by atoms with Gasteiger partial charge in [0.1, 0.15) is 5.75 Å². The highest BCUT2D eigenvalue weighted by molar-refractivity contribution is 7.80. The van der Waals surface area contributed by atoms with Crippen molar-refractivity contribution in [1.29, 1.82) is 0 Å². The zero-order valence-corrected chi connectivity index (χ0v) is 16.7. The number of methoxy groups -OCH3 is 1. The summed E-state index contributed by atoms with van der Waals surface area (Å²) in [6.07, 6.45) is 3.16. The standard InChI is InChI=1S/C21H18N4O4S/c1-29-18-8-7-13(19(26)23-16-6-3-9-22-12-16)11-17(18)25-21(30)24-15-5-2-4-14(10-15)20(27)28/h2-12H,1H3,(H,23,26)(H,27,28)(H2,24,25,30). The van der Waals surface area contributed by atoms with E-state index in [0.29, 0.717) is 28.4 Å². The molecule has 0 fully saturated rings. The van der Waals surface area contributed by atoms with Gasteiger partial charge in [-0.05, 0) is 60.7 Å². The number of carbonyl (C=O) groups is 2. The van der Waals surface area contributed by atoms with Crippen molar-refractivity contribution in [1.82, 2.24) is 4.98 Å². The smallest absolute Gasteiger partial charge is 0.335 e. The fraction of sp³-hybridized carbons (Fsp3) is 0.0476. The van der Waals surface area contributed by atoms with Crippen LogP contribution in [-0.4, -0.2) is 34.2 Å². The number of rotatable bonds is 6. The molecule has 0 atom stereocenters. The number of amides is 1. The second-order valence-corrected chi connectivity index (χ2v) is 6.48. The first-order chi connectivity index (χ1) is 14.5. The average molecular weight is 422 g/mol. The molecule has 152 valence electrons. The number of aromatic carboxylic acids is 1. The summed E-state index contributed by atoms with van der Waals surface area (Å²) < 4.78 is 5.33. The molecule has 0 aliphatic rings. The van der Waals surface area contributed by atoms with Crippen LogP contribution in [0.2, 0.25) is 0 Å². The Morgan fingerprint density at radius 3 is 2.47 bits per heavy atom. The molecule has 1 amide bonds. The highest BCUT2D eigenvalue weighted by atomic mass is 32.1. The average Bonchev–Trinajstić information content (AvgIpc) is 2.74. The summed E-state index contributed by atoms with van der Waals surface area (Å²) >= 11 is 5.31. The highest BCUT2D eigenvalue weighted by Crippen LogP contribution is 2.26. The lowest BCUT2D eigenvalue weighted by molar-refractivity contribution is 0.0696. The number of carboxylic acid groups (broad SMARTS) is 1. The molecule has 2 aromatic carbocycles. The van der Waals surface area contributed by atoms with Gasteiger partial charge in [-0.25, -0.2) is 4.79 Å². The molecule has 4 N–H and O–H groups in total. The minimum Gasteiger partial charge on any atom is -0.495 e. The molecule has 1 aromatic heterocycles. The van der Waals surface area contributed by atoms with Crippen LogP contribution < -0.4 is 20.7 Å². The van der Waals surface area contributed by atoms with Gasteiger partial charge in [-0.15, -0.1) is 0 Å². The predicted molar refractivity (Wildman–Crippen MR) is 118 cm³/mol. The van der Waals surface area contributed by atoms with Crippen LogP contribution in [-0.2, 0) is 0 Å². The Kier molecular flexibility index (Phi) is 6.56. The summed E-state index contributed by atoms with van der Waals surface area (Å²) in [5.41, 5.74) is 2.08. The van der Waals surface area contributed by atoms with Crippen molar-refractivity contribution in [2.45, 2.75) is 0 Å². The van der Waals surface area contributed by atoms with E-state index in [1.165, 1.54) is 19.2 Å². The first-order valence-corrected chi connectivity index (χ1v) is 9.18. The topological polar surface area (TPSA) is 113 Å². The van der Waals surface area contributed by atoms with E-state index in [4.69, 9.17) is 22.1 Å². The Hall–Kier alpha value is -3.98. The van der Waals surface area contributed by atoms with Gasteiger partial charge < -0.3 is 25.8 Å². The van der Waals surface area contributed by atoms with Crippen molar-refractivity contribution in [3.63, 3.8) is 0 Å². The van der Waals surface area contributed by atoms with Crippen molar-refractivity contribution < 1.29 is 19.4 Å². The Morgan fingerprint density at radius 1 is 0.967 bits per heavy atom. The third-order valence-electron chi connectivity index (χ3n) is 4.00. The Bertz CT molecular complexity index is 1090. The van der Waals surface area contributed by atoms with E-state index in [0.717, 1.165) is 0 Å². The normalized spacial score (nSPS) is 10.0. The van der Waals surface area contributed by atoms with Gasteiger partial charge >= 0.3 is 5.97 Å². The largest absolute Gasteiger partial charge is 0.495 e. The van der Waals surface area contributed by atoms with E-state index in [1.54, 1.807) is 54.9 Å². The number of benzene rings is 2. The summed E-state index contributed by atoms with van der Waals surface area (Å²) in [4.78, 5) is 27.6. The number of hydrogen-bond donors (Lipinski definition) is 4. The molecule has 0 saturated carbocycles. The number of anilines is 3. The van der Waals surface area contributed by atoms with E-state index in [2.05, 4.69) is 20.9 Å². The van der Waals surface area contributed by atoms with E-state index in [-0.39, 0.29) is 16.6 Å². The molecule has 8 nitrogen and oxygen atoms in total. The molecule has 0 aliphatic heterocycles. The summed E-state index contributed by atoms with van der Waals surface area (Å²) in [6.45, 7) is 0. The van der Waals surface area contributed by atoms with Gasteiger partial charge in [0.15, 0.2) is 5.11 Å². The second kappa shape index (κ2) is 9.48. The number of thiocarbonyl (C=S) groups is 1. The maximum Gasteiger partial charge on any atom is 0.335 e. The lowest BCUT2D eigenvalue weighted by Gasteiger charge is -2.15. The molecule has 3 rings (SSSR count). The predicted octanol–water partition coefficient (Wildman–Crippen LogP) is 3.85. The minimum atomic E-state index is -1.04. The number of aromatic nitrogens is 1. The summed E-state index contributed by atoms with van der Waals surface area (Å²) in [5, 5.41) is 18.0. The molecule has 0 aliphatic carbocycles. The summed E-state index contributed by atoms with van der Waals surface area (Å²) in [6, 6.07) is 14.6. The van der Waals surface area contributed by atoms with Crippen LogP contribution >= 0.6 is 12.2 Å². The van der Waals surface area contributed by atoms with Gasteiger partial charge in [-0.1, -0.05) is 6.07 Å². The molecule has 9 heteroatoms. The van der Waals surface area contributed by atoms with Crippen LogP contribution in [0, 0.1) is 0 Å². The molecule has 0 unspecified atom stereocenters. The molecule has 0 radical (unpaired) electrons. The number of pyridine rings is 1. The second-order valence-electron chi connectivity index (χ2n) is 6.08. The number of carbonyl (C=O) groups excluding carboxylic acids is 1. The van der Waals surface area contributed by atoms with Crippen molar-refractivity contribution in [2.75, 3.05) is 23.1 Å².